The fraction of sp³-hybridized carbons (Fsp3) is 0.423. The Kier molecular flexibility index (Phi) is 5.56. The SMILES string of the molecule is COC(=O)[C@H](Cc1ccccc1)NC(=O)[C@H]1C[C@H]2CC[C@H]1C[C@@]21NC(=O)c2ccccc2N1. The van der Waals surface area contributed by atoms with Gasteiger partial charge in [0.2, 0.25) is 5.91 Å². The van der Waals surface area contributed by atoms with Gasteiger partial charge >= 0.3 is 5.97 Å². The number of amides is 2. The Labute approximate surface area is 193 Å². The molecule has 0 aromatic heterocycles. The third kappa shape index (κ3) is 3.96. The number of methoxy groups -OCH3 is 1. The highest BCUT2D eigenvalue weighted by Crippen LogP contribution is 2.51. The topological polar surface area (TPSA) is 96.5 Å². The Bertz CT molecular complexity index is 1070. The van der Waals surface area contributed by atoms with E-state index in [-0.39, 0.29) is 29.6 Å². The minimum atomic E-state index is -0.723. The van der Waals surface area contributed by atoms with Crippen LogP contribution in [-0.2, 0) is 20.7 Å². The van der Waals surface area contributed by atoms with Crippen LogP contribution in [0, 0.1) is 17.8 Å². The van der Waals surface area contributed by atoms with Crippen LogP contribution < -0.4 is 16.0 Å². The molecule has 4 aliphatic rings. The maximum absolute atomic E-state index is 13.3. The van der Waals surface area contributed by atoms with Crippen LogP contribution in [0.15, 0.2) is 54.6 Å². The molecule has 1 spiro atoms. The molecule has 7 heteroatoms. The highest BCUT2D eigenvalue weighted by atomic mass is 16.5. The molecule has 3 aliphatic carbocycles. The molecule has 2 bridgehead atoms. The predicted molar refractivity (Wildman–Crippen MR) is 123 cm³/mol. The van der Waals surface area contributed by atoms with Gasteiger partial charge in [0.15, 0.2) is 0 Å². The van der Waals surface area contributed by atoms with Crippen molar-refractivity contribution in [3.05, 3.63) is 65.7 Å². The zero-order valence-electron chi connectivity index (χ0n) is 18.7. The van der Waals surface area contributed by atoms with Gasteiger partial charge in [-0.25, -0.2) is 4.79 Å². The molecule has 0 saturated heterocycles. The fourth-order valence-electron chi connectivity index (χ4n) is 5.93. The summed E-state index contributed by atoms with van der Waals surface area (Å²) in [7, 11) is 1.34. The first-order chi connectivity index (χ1) is 16.0. The molecule has 172 valence electrons. The molecule has 2 amide bonds. The number of hydrogen-bond donors (Lipinski definition) is 3. The lowest BCUT2D eigenvalue weighted by Crippen LogP contribution is -2.68. The first-order valence-corrected chi connectivity index (χ1v) is 11.6. The van der Waals surface area contributed by atoms with E-state index in [1.165, 1.54) is 7.11 Å². The highest BCUT2D eigenvalue weighted by Gasteiger charge is 2.55. The normalized spacial score (nSPS) is 28.3. The van der Waals surface area contributed by atoms with Crippen LogP contribution >= 0.6 is 0 Å². The van der Waals surface area contributed by atoms with E-state index in [4.69, 9.17) is 4.74 Å². The molecule has 0 unspecified atom stereocenters. The number of hydrogen-bond acceptors (Lipinski definition) is 5. The van der Waals surface area contributed by atoms with Gasteiger partial charge in [0, 0.05) is 23.9 Å². The zero-order valence-corrected chi connectivity index (χ0v) is 18.7. The van der Waals surface area contributed by atoms with Crippen LogP contribution in [0.5, 0.6) is 0 Å². The molecule has 5 atom stereocenters. The third-order valence-corrected chi connectivity index (χ3v) is 7.56. The van der Waals surface area contributed by atoms with E-state index in [0.29, 0.717) is 24.8 Å². The summed E-state index contributed by atoms with van der Waals surface area (Å²) in [4.78, 5) is 38.5. The van der Waals surface area contributed by atoms with E-state index in [2.05, 4.69) is 16.0 Å². The molecule has 3 fully saturated rings. The second kappa shape index (κ2) is 8.54. The van der Waals surface area contributed by atoms with Gasteiger partial charge in [0.05, 0.1) is 12.7 Å². The van der Waals surface area contributed by atoms with Crippen molar-refractivity contribution in [3.8, 4) is 0 Å². The monoisotopic (exact) mass is 447 g/mol. The summed E-state index contributed by atoms with van der Waals surface area (Å²) in [5.74, 6) is -0.528. The van der Waals surface area contributed by atoms with E-state index < -0.39 is 17.7 Å². The van der Waals surface area contributed by atoms with Crippen LogP contribution in [0.1, 0.15) is 41.6 Å². The predicted octanol–water partition coefficient (Wildman–Crippen LogP) is 2.87. The fourth-order valence-corrected chi connectivity index (χ4v) is 5.93. The average molecular weight is 448 g/mol. The molecular formula is C26H29N3O4. The van der Waals surface area contributed by atoms with E-state index in [0.717, 1.165) is 24.1 Å². The summed E-state index contributed by atoms with van der Waals surface area (Å²) in [5, 5.41) is 9.79. The lowest BCUT2D eigenvalue weighted by molar-refractivity contribution is -0.147. The van der Waals surface area contributed by atoms with Crippen molar-refractivity contribution < 1.29 is 19.1 Å². The van der Waals surface area contributed by atoms with Crippen molar-refractivity contribution in [2.45, 2.75) is 43.8 Å². The van der Waals surface area contributed by atoms with Gasteiger partial charge in [-0.3, -0.25) is 9.59 Å². The van der Waals surface area contributed by atoms with Crippen LogP contribution in [0.3, 0.4) is 0 Å². The van der Waals surface area contributed by atoms with E-state index in [1.807, 2.05) is 54.6 Å². The second-order valence-electron chi connectivity index (χ2n) is 9.45. The number of carbonyl (C=O) groups is 3. The molecule has 3 N–H and O–H groups in total. The molecular weight excluding hydrogens is 418 g/mol. The van der Waals surface area contributed by atoms with Crippen LogP contribution in [0.2, 0.25) is 0 Å². The van der Waals surface area contributed by atoms with Gasteiger partial charge in [-0.05, 0) is 49.3 Å². The molecule has 3 saturated carbocycles. The van der Waals surface area contributed by atoms with Crippen molar-refractivity contribution >= 4 is 23.5 Å². The minimum absolute atomic E-state index is 0.0634. The number of nitrogens with one attached hydrogen (secondary N) is 3. The first-order valence-electron chi connectivity index (χ1n) is 11.6. The summed E-state index contributed by atoms with van der Waals surface area (Å²) in [5.41, 5.74) is 1.95. The summed E-state index contributed by atoms with van der Waals surface area (Å²) in [6, 6.07) is 16.4. The molecule has 6 rings (SSSR count). The minimum Gasteiger partial charge on any atom is -0.467 e. The molecule has 2 aromatic rings. The number of benzene rings is 2. The second-order valence-corrected chi connectivity index (χ2v) is 9.45. The van der Waals surface area contributed by atoms with Crippen molar-refractivity contribution in [1.29, 1.82) is 0 Å². The molecule has 7 nitrogen and oxygen atoms in total. The smallest absolute Gasteiger partial charge is 0.328 e. The molecule has 1 aliphatic heterocycles. The zero-order chi connectivity index (χ0) is 23.0. The molecule has 2 aromatic carbocycles. The lowest BCUT2D eigenvalue weighted by atomic mass is 9.58. The van der Waals surface area contributed by atoms with E-state index in [1.54, 1.807) is 0 Å². The Morgan fingerprint density at radius 2 is 1.85 bits per heavy atom. The average Bonchev–Trinajstić information content (AvgIpc) is 2.84. The number of fused-ring (bicyclic) bond motifs is 3. The molecule has 1 heterocycles. The number of carbonyl (C=O) groups excluding carboxylic acids is 3. The standard InChI is InChI=1S/C26H29N3O4/c1-33-25(32)22(13-16-7-3-2-4-8-16)27-23(30)20-14-18-12-11-17(20)15-26(18)28-21-10-6-5-9-19(21)24(31)29-26/h2-10,17-18,20,22,28H,11-15H2,1H3,(H,27,30)(H,29,31)/t17-,18+,20-,22-,26+/m0/s1. The first kappa shape index (κ1) is 21.5. The lowest BCUT2D eigenvalue weighted by Gasteiger charge is -2.56. The van der Waals surface area contributed by atoms with Gasteiger partial charge in [0.1, 0.15) is 11.7 Å². The number of para-hydroxylation sites is 1. The van der Waals surface area contributed by atoms with Gasteiger partial charge in [-0.1, -0.05) is 42.5 Å². The van der Waals surface area contributed by atoms with Gasteiger partial charge < -0.3 is 20.7 Å². The van der Waals surface area contributed by atoms with E-state index in [9.17, 15) is 14.4 Å². The Hall–Kier alpha value is -3.35. The van der Waals surface area contributed by atoms with Crippen LogP contribution in [0.25, 0.3) is 0 Å². The van der Waals surface area contributed by atoms with Crippen molar-refractivity contribution in [2.75, 3.05) is 12.4 Å². The van der Waals surface area contributed by atoms with E-state index >= 15 is 0 Å². The van der Waals surface area contributed by atoms with Crippen molar-refractivity contribution in [1.82, 2.24) is 10.6 Å². The molecule has 0 radical (unpaired) electrons. The Morgan fingerprint density at radius 1 is 1.09 bits per heavy atom. The third-order valence-electron chi connectivity index (χ3n) is 7.56. The summed E-state index contributed by atoms with van der Waals surface area (Å²) in [6.07, 6.45) is 3.64. The van der Waals surface area contributed by atoms with Crippen LogP contribution in [-0.4, -0.2) is 36.6 Å². The number of anilines is 1. The Morgan fingerprint density at radius 3 is 2.58 bits per heavy atom. The van der Waals surface area contributed by atoms with Crippen molar-refractivity contribution in [3.63, 3.8) is 0 Å². The maximum Gasteiger partial charge on any atom is 0.328 e. The van der Waals surface area contributed by atoms with Gasteiger partial charge in [-0.15, -0.1) is 0 Å². The Balaban J connectivity index is 1.30. The highest BCUT2D eigenvalue weighted by molar-refractivity contribution is 6.02. The van der Waals surface area contributed by atoms with Crippen molar-refractivity contribution in [2.24, 2.45) is 17.8 Å². The quantitative estimate of drug-likeness (QED) is 0.613. The maximum atomic E-state index is 13.3. The molecule has 33 heavy (non-hydrogen) atoms. The summed E-state index contributed by atoms with van der Waals surface area (Å²) < 4.78 is 4.96. The largest absolute Gasteiger partial charge is 0.467 e. The van der Waals surface area contributed by atoms with Gasteiger partial charge in [-0.2, -0.15) is 0 Å². The number of ether oxygens (including phenoxy) is 1. The van der Waals surface area contributed by atoms with Crippen LogP contribution in [0.4, 0.5) is 5.69 Å². The number of esters is 1. The number of rotatable bonds is 5. The summed E-state index contributed by atoms with van der Waals surface area (Å²) >= 11 is 0. The summed E-state index contributed by atoms with van der Waals surface area (Å²) in [6.45, 7) is 0. The van der Waals surface area contributed by atoms with Gasteiger partial charge in [0.25, 0.3) is 5.91 Å².